The zero-order chi connectivity index (χ0) is 20.0. The fourth-order valence-corrected chi connectivity index (χ4v) is 3.00. The highest BCUT2D eigenvalue weighted by Crippen LogP contribution is 2.32. The van der Waals surface area contributed by atoms with Gasteiger partial charge in [0.15, 0.2) is 0 Å². The van der Waals surface area contributed by atoms with Gasteiger partial charge in [0.2, 0.25) is 5.91 Å². The Morgan fingerprint density at radius 2 is 1.69 bits per heavy atom. The van der Waals surface area contributed by atoms with Gasteiger partial charge in [-0.2, -0.15) is 0 Å². The van der Waals surface area contributed by atoms with Crippen LogP contribution in [0.5, 0.6) is 0 Å². The summed E-state index contributed by atoms with van der Waals surface area (Å²) in [6.45, 7) is 3.96. The van der Waals surface area contributed by atoms with Gasteiger partial charge in [-0.25, -0.2) is 0 Å². The number of ether oxygens (including phenoxy) is 1. The third-order valence-corrected chi connectivity index (χ3v) is 4.11. The molecule has 1 aromatic rings. The number of rotatable bonds is 8. The van der Waals surface area contributed by atoms with Crippen molar-refractivity contribution < 1.29 is 29.3 Å². The number of aliphatic hydroxyl groups is 2. The molecule has 1 atom stereocenters. The fraction of sp³-hybridized carbons (Fsp3) is 0.471. The van der Waals surface area contributed by atoms with Crippen molar-refractivity contribution in [2.45, 2.75) is 26.9 Å². The number of methoxy groups -OCH3 is 1. The van der Waals surface area contributed by atoms with Gasteiger partial charge >= 0.3 is 0 Å². The molecule has 144 valence electrons. The lowest BCUT2D eigenvalue weighted by Crippen LogP contribution is -2.35. The lowest BCUT2D eigenvalue weighted by atomic mass is 9.91. The molecule has 0 aliphatic carbocycles. The van der Waals surface area contributed by atoms with Crippen LogP contribution in [0.4, 0.5) is 5.69 Å². The number of hydrogen-bond acceptors (Lipinski definition) is 6. The second-order valence-corrected chi connectivity index (χ2v) is 6.14. The van der Waals surface area contributed by atoms with Crippen molar-refractivity contribution in [1.82, 2.24) is 5.32 Å². The first-order chi connectivity index (χ1) is 12.1. The number of carbonyl (C=O) groups is 3. The van der Waals surface area contributed by atoms with Crippen LogP contribution in [-0.4, -0.2) is 60.2 Å². The van der Waals surface area contributed by atoms with Crippen molar-refractivity contribution in [3.8, 4) is 0 Å². The molecule has 0 aromatic heterocycles. The largest absolute Gasteiger partial charge is 0.394 e. The van der Waals surface area contributed by atoms with Gasteiger partial charge in [-0.15, -0.1) is 0 Å². The van der Waals surface area contributed by atoms with Gasteiger partial charge in [0.1, 0.15) is 6.61 Å². The maximum absolute atomic E-state index is 12.6. The minimum atomic E-state index is -1.11. The quantitative estimate of drug-likeness (QED) is 0.486. The number of nitrogens with one attached hydrogen (secondary N) is 2. The maximum Gasteiger partial charge on any atom is 0.253 e. The van der Waals surface area contributed by atoms with Gasteiger partial charge in [0.25, 0.3) is 11.1 Å². The molecule has 0 saturated heterocycles. The summed E-state index contributed by atoms with van der Waals surface area (Å²) in [6, 6.07) is 0. The Balaban J connectivity index is 3.44. The van der Waals surface area contributed by atoms with Crippen LogP contribution in [0.2, 0.25) is 0 Å². The summed E-state index contributed by atoms with van der Waals surface area (Å²) < 4.78 is 4.78. The molecule has 9 heteroatoms. The predicted octanol–water partition coefficient (Wildman–Crippen LogP) is 0.659. The van der Waals surface area contributed by atoms with Crippen LogP contribution < -0.4 is 10.6 Å². The van der Waals surface area contributed by atoms with E-state index in [1.165, 1.54) is 7.11 Å². The third-order valence-electron chi connectivity index (χ3n) is 3.92. The normalized spacial score (nSPS) is 11.8. The van der Waals surface area contributed by atoms with Crippen LogP contribution in [0.3, 0.4) is 0 Å². The highest BCUT2D eigenvalue weighted by molar-refractivity contribution is 6.68. The molecular weight excluding hydrogens is 364 g/mol. The number of amides is 2. The van der Waals surface area contributed by atoms with E-state index < -0.39 is 29.8 Å². The first kappa shape index (κ1) is 22.0. The first-order valence-electron chi connectivity index (χ1n) is 7.85. The summed E-state index contributed by atoms with van der Waals surface area (Å²) >= 11 is 5.68. The van der Waals surface area contributed by atoms with Crippen LogP contribution in [0, 0.1) is 20.8 Å². The molecule has 0 heterocycles. The second kappa shape index (κ2) is 9.63. The molecule has 0 saturated carbocycles. The molecule has 26 heavy (non-hydrogen) atoms. The molecule has 1 aromatic carbocycles. The molecule has 0 radical (unpaired) electrons. The summed E-state index contributed by atoms with van der Waals surface area (Å²) in [4.78, 5) is 36.3. The summed E-state index contributed by atoms with van der Waals surface area (Å²) in [5.74, 6) is -1.01. The van der Waals surface area contributed by atoms with E-state index in [-0.39, 0.29) is 24.3 Å². The summed E-state index contributed by atoms with van der Waals surface area (Å²) in [5, 5.41) is 22.6. The standard InChI is InChI=1S/C17H23ClN2O6/c1-8-13(16(18)24)9(2)15(20-12(23)7-26-4)10(3)14(8)17(25)19-5-11(22)6-21/h11,21-22H,5-7H2,1-4H3,(H,19,25)(H,20,23). The third kappa shape index (κ3) is 5.01. The van der Waals surface area contributed by atoms with Gasteiger partial charge in [0, 0.05) is 30.5 Å². The van der Waals surface area contributed by atoms with Gasteiger partial charge in [-0.1, -0.05) is 0 Å². The second-order valence-electron chi connectivity index (χ2n) is 5.80. The summed E-state index contributed by atoms with van der Waals surface area (Å²) in [6.07, 6.45) is -1.11. The molecule has 1 rings (SSSR count). The van der Waals surface area contributed by atoms with Crippen molar-refractivity contribution in [3.05, 3.63) is 27.8 Å². The molecule has 0 spiro atoms. The van der Waals surface area contributed by atoms with Gasteiger partial charge < -0.3 is 25.6 Å². The van der Waals surface area contributed by atoms with E-state index in [0.717, 1.165) is 0 Å². The van der Waals surface area contributed by atoms with Crippen LogP contribution in [-0.2, 0) is 9.53 Å². The average molecular weight is 387 g/mol. The zero-order valence-electron chi connectivity index (χ0n) is 15.1. The van der Waals surface area contributed by atoms with Crippen molar-refractivity contribution in [3.63, 3.8) is 0 Å². The predicted molar refractivity (Wildman–Crippen MR) is 96.8 cm³/mol. The van der Waals surface area contributed by atoms with Gasteiger partial charge in [-0.3, -0.25) is 14.4 Å². The number of anilines is 1. The maximum atomic E-state index is 12.6. The Morgan fingerprint density at radius 1 is 1.12 bits per heavy atom. The van der Waals surface area contributed by atoms with Crippen LogP contribution >= 0.6 is 11.6 Å². The molecule has 2 amide bonds. The molecule has 8 nitrogen and oxygen atoms in total. The lowest BCUT2D eigenvalue weighted by molar-refractivity contribution is -0.119. The van der Waals surface area contributed by atoms with E-state index in [1.807, 2.05) is 0 Å². The van der Waals surface area contributed by atoms with Crippen LogP contribution in [0.25, 0.3) is 0 Å². The van der Waals surface area contributed by atoms with Crippen LogP contribution in [0.15, 0.2) is 0 Å². The topological polar surface area (TPSA) is 125 Å². The summed E-state index contributed by atoms with van der Waals surface area (Å²) in [5.41, 5.74) is 1.84. The van der Waals surface area contributed by atoms with E-state index in [9.17, 15) is 19.5 Å². The van der Waals surface area contributed by atoms with Crippen molar-refractivity contribution in [2.24, 2.45) is 0 Å². The van der Waals surface area contributed by atoms with Gasteiger partial charge in [0.05, 0.1) is 12.7 Å². The minimum absolute atomic E-state index is 0.123. The Bertz CT molecular complexity index is 720. The Labute approximate surface area is 156 Å². The molecule has 0 aliphatic rings. The Morgan fingerprint density at radius 3 is 2.19 bits per heavy atom. The SMILES string of the molecule is COCC(=O)Nc1c(C)c(C(=O)Cl)c(C)c(C(=O)NCC(O)CO)c1C. The van der Waals surface area contributed by atoms with E-state index in [0.29, 0.717) is 22.4 Å². The zero-order valence-corrected chi connectivity index (χ0v) is 15.9. The summed E-state index contributed by atoms with van der Waals surface area (Å²) in [7, 11) is 1.37. The van der Waals surface area contributed by atoms with Crippen molar-refractivity contribution in [2.75, 3.05) is 32.2 Å². The molecule has 0 aliphatic heterocycles. The Kier molecular flexibility index (Phi) is 8.16. The molecule has 0 bridgehead atoms. The van der Waals surface area contributed by atoms with Crippen LogP contribution in [0.1, 0.15) is 37.4 Å². The molecule has 0 fully saturated rings. The minimum Gasteiger partial charge on any atom is -0.394 e. The lowest BCUT2D eigenvalue weighted by Gasteiger charge is -2.21. The number of aliphatic hydroxyl groups excluding tert-OH is 2. The molecule has 4 N–H and O–H groups in total. The highest BCUT2D eigenvalue weighted by atomic mass is 35.5. The van der Waals surface area contributed by atoms with Gasteiger partial charge in [-0.05, 0) is 49.1 Å². The van der Waals surface area contributed by atoms with Crippen molar-refractivity contribution >= 4 is 34.3 Å². The number of carbonyl (C=O) groups excluding carboxylic acids is 3. The smallest absolute Gasteiger partial charge is 0.253 e. The Hall–Kier alpha value is -2.00. The first-order valence-corrected chi connectivity index (χ1v) is 8.22. The molecular formula is C17H23ClN2O6. The molecule has 1 unspecified atom stereocenters. The number of benzene rings is 1. The monoisotopic (exact) mass is 386 g/mol. The number of hydrogen-bond donors (Lipinski definition) is 4. The number of halogens is 1. The highest BCUT2D eigenvalue weighted by Gasteiger charge is 2.25. The van der Waals surface area contributed by atoms with Crippen molar-refractivity contribution in [1.29, 1.82) is 0 Å². The fourth-order valence-electron chi connectivity index (χ4n) is 2.71. The van der Waals surface area contributed by atoms with E-state index in [4.69, 9.17) is 21.4 Å². The van der Waals surface area contributed by atoms with E-state index >= 15 is 0 Å². The van der Waals surface area contributed by atoms with E-state index in [1.54, 1.807) is 20.8 Å². The van der Waals surface area contributed by atoms with E-state index in [2.05, 4.69) is 10.6 Å². The average Bonchev–Trinajstić information content (AvgIpc) is 2.56.